The van der Waals surface area contributed by atoms with Crippen molar-refractivity contribution < 1.29 is 14.6 Å². The number of hydrogen-bond donors (Lipinski definition) is 1. The van der Waals surface area contributed by atoms with Gasteiger partial charge in [-0.05, 0) is 31.5 Å². The van der Waals surface area contributed by atoms with Gasteiger partial charge in [-0.25, -0.2) is 9.78 Å². The van der Waals surface area contributed by atoms with Crippen LogP contribution in [0.3, 0.4) is 0 Å². The molecule has 0 saturated carbocycles. The van der Waals surface area contributed by atoms with Gasteiger partial charge in [-0.15, -0.1) is 0 Å². The Morgan fingerprint density at radius 3 is 2.68 bits per heavy atom. The van der Waals surface area contributed by atoms with Crippen molar-refractivity contribution in [2.75, 3.05) is 7.11 Å². The molecule has 0 radical (unpaired) electrons. The lowest BCUT2D eigenvalue weighted by atomic mass is 10.1. The molecule has 1 N–H and O–H groups in total. The van der Waals surface area contributed by atoms with Crippen LogP contribution in [0.5, 0.6) is 5.75 Å². The topological polar surface area (TPSA) is 64.4 Å². The third kappa shape index (κ3) is 2.59. The van der Waals surface area contributed by atoms with Crippen LogP contribution < -0.4 is 4.74 Å². The van der Waals surface area contributed by atoms with E-state index in [2.05, 4.69) is 4.98 Å². The number of carboxylic acid groups (broad SMARTS) is 1. The zero-order chi connectivity index (χ0) is 14.0. The average molecular weight is 260 g/mol. The molecule has 19 heavy (non-hydrogen) atoms. The molecule has 0 aliphatic carbocycles. The molecule has 1 aromatic heterocycles. The second kappa shape index (κ2) is 5.14. The van der Waals surface area contributed by atoms with Gasteiger partial charge in [-0.2, -0.15) is 0 Å². The maximum Gasteiger partial charge on any atom is 0.339 e. The molecule has 100 valence electrons. The molecule has 0 spiro atoms. The molecule has 5 heteroatoms. The normalized spacial score (nSPS) is 10.5. The molecule has 0 saturated heterocycles. The summed E-state index contributed by atoms with van der Waals surface area (Å²) in [6, 6.07) is 5.17. The first-order valence-electron chi connectivity index (χ1n) is 5.91. The van der Waals surface area contributed by atoms with Crippen LogP contribution in [0.15, 0.2) is 24.5 Å². The molecule has 0 aliphatic heterocycles. The van der Waals surface area contributed by atoms with Crippen molar-refractivity contribution in [1.82, 2.24) is 9.55 Å². The van der Waals surface area contributed by atoms with Crippen molar-refractivity contribution in [3.8, 4) is 5.75 Å². The first-order chi connectivity index (χ1) is 9.02. The van der Waals surface area contributed by atoms with Crippen molar-refractivity contribution in [1.29, 1.82) is 0 Å². The first kappa shape index (κ1) is 13.1. The van der Waals surface area contributed by atoms with Crippen LogP contribution in [-0.2, 0) is 6.54 Å². The standard InChI is InChI=1S/C14H16N2O3/c1-9-10(2)16(8-15-9)7-11-4-5-13(19-3)12(6-11)14(17)18/h4-6,8H,7H2,1-3H3,(H,17,18). The smallest absolute Gasteiger partial charge is 0.339 e. The minimum absolute atomic E-state index is 0.175. The zero-order valence-corrected chi connectivity index (χ0v) is 11.2. The number of aryl methyl sites for hydroxylation is 1. The number of aromatic carboxylic acids is 1. The number of rotatable bonds is 4. The van der Waals surface area contributed by atoms with Crippen LogP contribution in [-0.4, -0.2) is 27.7 Å². The summed E-state index contributed by atoms with van der Waals surface area (Å²) in [5.74, 6) is -0.619. The van der Waals surface area contributed by atoms with Gasteiger partial charge in [0.1, 0.15) is 11.3 Å². The molecular formula is C14H16N2O3. The van der Waals surface area contributed by atoms with Crippen LogP contribution in [0.25, 0.3) is 0 Å². The van der Waals surface area contributed by atoms with E-state index in [1.54, 1.807) is 18.5 Å². The summed E-state index contributed by atoms with van der Waals surface area (Å²) in [6.07, 6.45) is 1.76. The Morgan fingerprint density at radius 1 is 1.42 bits per heavy atom. The van der Waals surface area contributed by atoms with Crippen LogP contribution in [0.4, 0.5) is 0 Å². The lowest BCUT2D eigenvalue weighted by molar-refractivity contribution is 0.0693. The fraction of sp³-hybridized carbons (Fsp3) is 0.286. The van der Waals surface area contributed by atoms with E-state index in [0.29, 0.717) is 12.3 Å². The summed E-state index contributed by atoms with van der Waals surface area (Å²) in [7, 11) is 1.46. The Morgan fingerprint density at radius 2 is 2.16 bits per heavy atom. The van der Waals surface area contributed by atoms with E-state index >= 15 is 0 Å². The van der Waals surface area contributed by atoms with Crippen LogP contribution in [0, 0.1) is 13.8 Å². The number of aromatic nitrogens is 2. The average Bonchev–Trinajstić information content (AvgIpc) is 2.70. The number of methoxy groups -OCH3 is 1. The summed E-state index contributed by atoms with van der Waals surface area (Å²) in [5.41, 5.74) is 3.13. The van der Waals surface area contributed by atoms with Crippen LogP contribution in [0.2, 0.25) is 0 Å². The lowest BCUT2D eigenvalue weighted by Crippen LogP contribution is -2.05. The third-order valence-corrected chi connectivity index (χ3v) is 3.19. The Balaban J connectivity index is 2.34. The van der Waals surface area contributed by atoms with Gasteiger partial charge in [-0.1, -0.05) is 6.07 Å². The van der Waals surface area contributed by atoms with Gasteiger partial charge < -0.3 is 14.4 Å². The van der Waals surface area contributed by atoms with E-state index in [1.165, 1.54) is 7.11 Å². The molecule has 0 atom stereocenters. The molecule has 5 nitrogen and oxygen atoms in total. The van der Waals surface area contributed by atoms with Crippen LogP contribution >= 0.6 is 0 Å². The molecule has 2 aromatic rings. The molecule has 0 unspecified atom stereocenters. The van der Waals surface area contributed by atoms with Crippen LogP contribution in [0.1, 0.15) is 27.3 Å². The van der Waals surface area contributed by atoms with Gasteiger partial charge in [0.25, 0.3) is 0 Å². The molecule has 1 heterocycles. The monoisotopic (exact) mass is 260 g/mol. The maximum absolute atomic E-state index is 11.2. The van der Waals surface area contributed by atoms with Gasteiger partial charge in [0.2, 0.25) is 0 Å². The van der Waals surface area contributed by atoms with E-state index < -0.39 is 5.97 Å². The Hall–Kier alpha value is -2.30. The van der Waals surface area contributed by atoms with Crippen molar-refractivity contribution in [2.45, 2.75) is 20.4 Å². The molecule has 2 rings (SSSR count). The van der Waals surface area contributed by atoms with Crippen molar-refractivity contribution in [3.63, 3.8) is 0 Å². The minimum atomic E-state index is -0.989. The highest BCUT2D eigenvalue weighted by atomic mass is 16.5. The number of imidazole rings is 1. The van der Waals surface area contributed by atoms with Gasteiger partial charge >= 0.3 is 5.97 Å². The van der Waals surface area contributed by atoms with Gasteiger partial charge in [-0.3, -0.25) is 0 Å². The number of benzene rings is 1. The highest BCUT2D eigenvalue weighted by Crippen LogP contribution is 2.21. The molecule has 0 aliphatic rings. The fourth-order valence-corrected chi connectivity index (χ4v) is 1.92. The molecular weight excluding hydrogens is 244 g/mol. The first-order valence-corrected chi connectivity index (χ1v) is 5.91. The number of nitrogens with zero attached hydrogens (tertiary/aromatic N) is 2. The number of hydrogen-bond acceptors (Lipinski definition) is 3. The number of carbonyl (C=O) groups is 1. The van der Waals surface area contributed by atoms with Gasteiger partial charge in [0, 0.05) is 12.2 Å². The highest BCUT2D eigenvalue weighted by molar-refractivity contribution is 5.91. The van der Waals surface area contributed by atoms with E-state index in [0.717, 1.165) is 17.0 Å². The summed E-state index contributed by atoms with van der Waals surface area (Å²) in [6.45, 7) is 4.53. The predicted molar refractivity (Wildman–Crippen MR) is 70.8 cm³/mol. The largest absolute Gasteiger partial charge is 0.496 e. The Bertz CT molecular complexity index is 617. The fourth-order valence-electron chi connectivity index (χ4n) is 1.92. The van der Waals surface area contributed by atoms with E-state index in [9.17, 15) is 4.79 Å². The highest BCUT2D eigenvalue weighted by Gasteiger charge is 2.12. The molecule has 0 fully saturated rings. The van der Waals surface area contributed by atoms with Gasteiger partial charge in [0.05, 0.1) is 19.1 Å². The summed E-state index contributed by atoms with van der Waals surface area (Å²) in [4.78, 5) is 15.4. The summed E-state index contributed by atoms with van der Waals surface area (Å²) >= 11 is 0. The summed E-state index contributed by atoms with van der Waals surface area (Å²) in [5, 5.41) is 9.15. The number of ether oxygens (including phenoxy) is 1. The third-order valence-electron chi connectivity index (χ3n) is 3.19. The maximum atomic E-state index is 11.2. The second-order valence-electron chi connectivity index (χ2n) is 4.38. The quantitative estimate of drug-likeness (QED) is 0.915. The van der Waals surface area contributed by atoms with E-state index in [-0.39, 0.29) is 5.56 Å². The molecule has 0 amide bonds. The van der Waals surface area contributed by atoms with Crippen molar-refractivity contribution >= 4 is 5.97 Å². The van der Waals surface area contributed by atoms with Gasteiger partial charge in [0.15, 0.2) is 0 Å². The predicted octanol–water partition coefficient (Wildman–Crippen LogP) is 2.26. The molecule has 1 aromatic carbocycles. The van der Waals surface area contributed by atoms with Crippen molar-refractivity contribution in [2.24, 2.45) is 0 Å². The minimum Gasteiger partial charge on any atom is -0.496 e. The number of carboxylic acids is 1. The van der Waals surface area contributed by atoms with E-state index in [4.69, 9.17) is 9.84 Å². The lowest BCUT2D eigenvalue weighted by Gasteiger charge is -2.09. The summed E-state index contributed by atoms with van der Waals surface area (Å²) < 4.78 is 7.03. The van der Waals surface area contributed by atoms with Crippen molar-refractivity contribution in [3.05, 3.63) is 47.0 Å². The second-order valence-corrected chi connectivity index (χ2v) is 4.38. The molecule has 0 bridgehead atoms. The Kier molecular flexibility index (Phi) is 3.55. The zero-order valence-electron chi connectivity index (χ0n) is 11.2. The SMILES string of the molecule is COc1ccc(Cn2cnc(C)c2C)cc1C(=O)O. The Labute approximate surface area is 111 Å². The van der Waals surface area contributed by atoms with E-state index in [1.807, 2.05) is 24.5 Å².